The number of para-hydroxylation sites is 1. The second kappa shape index (κ2) is 5.57. The van der Waals surface area contributed by atoms with Crippen molar-refractivity contribution in [1.82, 2.24) is 9.55 Å². The van der Waals surface area contributed by atoms with Crippen molar-refractivity contribution >= 4 is 45.8 Å². The molecule has 6 heteroatoms. The lowest BCUT2D eigenvalue weighted by atomic mass is 10.2. The van der Waals surface area contributed by atoms with E-state index in [9.17, 15) is 0 Å². The van der Waals surface area contributed by atoms with Gasteiger partial charge in [-0.2, -0.15) is 5.26 Å². The van der Waals surface area contributed by atoms with Crippen molar-refractivity contribution in [2.24, 2.45) is 0 Å². The molecule has 0 saturated heterocycles. The average Bonchev–Trinajstić information content (AvgIpc) is 2.87. The van der Waals surface area contributed by atoms with Crippen LogP contribution in [0, 0.1) is 11.3 Å². The number of hydrogen-bond donors (Lipinski definition) is 0. The summed E-state index contributed by atoms with van der Waals surface area (Å²) in [6.07, 6.45) is 0. The first-order valence-corrected chi connectivity index (χ1v) is 7.36. The molecule has 0 bridgehead atoms. The minimum atomic E-state index is 0.224. The van der Waals surface area contributed by atoms with E-state index < -0.39 is 0 Å². The monoisotopic (exact) mass is 335 g/mol. The minimum Gasteiger partial charge on any atom is -0.292 e. The van der Waals surface area contributed by atoms with Gasteiger partial charge in [0.2, 0.25) is 0 Å². The fraction of sp³-hybridized carbons (Fsp3) is 0.0667. The van der Waals surface area contributed by atoms with Crippen LogP contribution in [0.5, 0.6) is 0 Å². The van der Waals surface area contributed by atoms with Crippen LogP contribution in [0.3, 0.4) is 0 Å². The van der Waals surface area contributed by atoms with Gasteiger partial charge in [-0.3, -0.25) is 4.57 Å². The quantitative estimate of drug-likeness (QED) is 0.622. The minimum absolute atomic E-state index is 0.224. The highest BCUT2D eigenvalue weighted by Crippen LogP contribution is 2.32. The van der Waals surface area contributed by atoms with Gasteiger partial charge in [0.05, 0.1) is 44.3 Å². The number of fused-ring (bicyclic) bond motifs is 1. The molecule has 0 fully saturated rings. The Morgan fingerprint density at radius 1 is 1.14 bits per heavy atom. The number of benzene rings is 2. The Balaban J connectivity index is 2.36. The summed E-state index contributed by atoms with van der Waals surface area (Å²) in [5.41, 5.74) is 2.69. The van der Waals surface area contributed by atoms with E-state index in [0.29, 0.717) is 27.1 Å². The summed E-state index contributed by atoms with van der Waals surface area (Å²) < 4.78 is 1.83. The third-order valence-electron chi connectivity index (χ3n) is 3.13. The van der Waals surface area contributed by atoms with Crippen LogP contribution in [0.25, 0.3) is 16.7 Å². The molecule has 1 heterocycles. The third-order valence-corrected chi connectivity index (χ3v) is 3.98. The third kappa shape index (κ3) is 2.36. The first-order chi connectivity index (χ1) is 10.2. The molecule has 3 rings (SSSR count). The van der Waals surface area contributed by atoms with E-state index in [-0.39, 0.29) is 5.88 Å². The number of aromatic nitrogens is 2. The molecule has 2 aromatic carbocycles. The second-order valence-corrected chi connectivity index (χ2v) is 5.46. The van der Waals surface area contributed by atoms with Crippen LogP contribution in [-0.2, 0) is 5.88 Å². The lowest BCUT2D eigenvalue weighted by molar-refractivity contribution is 0.982. The van der Waals surface area contributed by atoms with Gasteiger partial charge in [0.1, 0.15) is 5.82 Å². The van der Waals surface area contributed by atoms with Crippen LogP contribution >= 0.6 is 34.8 Å². The van der Waals surface area contributed by atoms with Gasteiger partial charge in [0.15, 0.2) is 0 Å². The molecule has 0 amide bonds. The Hall–Kier alpha value is -1.73. The molecule has 0 N–H and O–H groups in total. The van der Waals surface area contributed by atoms with Crippen LogP contribution < -0.4 is 0 Å². The highest BCUT2D eigenvalue weighted by molar-refractivity contribution is 6.35. The van der Waals surface area contributed by atoms with E-state index in [1.54, 1.807) is 24.3 Å². The molecule has 1 aromatic heterocycles. The highest BCUT2D eigenvalue weighted by atomic mass is 35.5. The Labute approximate surface area is 136 Å². The number of alkyl halides is 1. The summed E-state index contributed by atoms with van der Waals surface area (Å²) in [6, 6.07) is 12.6. The fourth-order valence-electron chi connectivity index (χ4n) is 2.24. The van der Waals surface area contributed by atoms with Crippen LogP contribution in [0.1, 0.15) is 11.4 Å². The number of nitriles is 1. The molecule has 21 heavy (non-hydrogen) atoms. The molecule has 3 nitrogen and oxygen atoms in total. The van der Waals surface area contributed by atoms with Gasteiger partial charge in [-0.25, -0.2) is 4.98 Å². The van der Waals surface area contributed by atoms with E-state index >= 15 is 0 Å². The van der Waals surface area contributed by atoms with Gasteiger partial charge < -0.3 is 0 Å². The molecule has 0 aliphatic rings. The zero-order chi connectivity index (χ0) is 15.0. The number of imidazole rings is 1. The van der Waals surface area contributed by atoms with Gasteiger partial charge in [-0.05, 0) is 30.3 Å². The molecular formula is C15H8Cl3N3. The van der Waals surface area contributed by atoms with Crippen LogP contribution in [0.4, 0.5) is 0 Å². The maximum Gasteiger partial charge on any atom is 0.129 e. The lowest BCUT2D eigenvalue weighted by Gasteiger charge is -2.10. The highest BCUT2D eigenvalue weighted by Gasteiger charge is 2.16. The zero-order valence-electron chi connectivity index (χ0n) is 10.6. The van der Waals surface area contributed by atoms with Crippen molar-refractivity contribution in [3.63, 3.8) is 0 Å². The Morgan fingerprint density at radius 2 is 1.95 bits per heavy atom. The largest absolute Gasteiger partial charge is 0.292 e. The Bertz CT molecular complexity index is 878. The fourth-order valence-corrected chi connectivity index (χ4v) is 2.94. The molecule has 0 aliphatic heterocycles. The zero-order valence-corrected chi connectivity index (χ0v) is 12.9. The summed E-state index contributed by atoms with van der Waals surface area (Å²) in [5.74, 6) is 0.868. The van der Waals surface area contributed by atoms with Crippen LogP contribution in [0.2, 0.25) is 10.0 Å². The van der Waals surface area contributed by atoms with Crippen LogP contribution in [0.15, 0.2) is 36.4 Å². The first-order valence-electron chi connectivity index (χ1n) is 6.07. The van der Waals surface area contributed by atoms with E-state index in [0.717, 1.165) is 11.0 Å². The van der Waals surface area contributed by atoms with E-state index in [1.165, 1.54) is 0 Å². The van der Waals surface area contributed by atoms with E-state index in [4.69, 9.17) is 40.1 Å². The Kier molecular flexibility index (Phi) is 3.77. The van der Waals surface area contributed by atoms with Crippen molar-refractivity contribution in [2.75, 3.05) is 0 Å². The number of hydrogen-bond acceptors (Lipinski definition) is 2. The predicted molar refractivity (Wildman–Crippen MR) is 85.4 cm³/mol. The van der Waals surface area contributed by atoms with Gasteiger partial charge >= 0.3 is 0 Å². The summed E-state index contributed by atoms with van der Waals surface area (Å²) in [7, 11) is 0. The molecular weight excluding hydrogens is 329 g/mol. The molecule has 0 atom stereocenters. The Morgan fingerprint density at radius 3 is 2.62 bits per heavy atom. The van der Waals surface area contributed by atoms with Crippen molar-refractivity contribution in [3.8, 4) is 11.8 Å². The molecule has 104 valence electrons. The standard InChI is InChI=1S/C15H8Cl3N3/c16-7-14-20-12-3-1-2-10(17)15(12)21(14)13-5-4-9(8-19)6-11(13)18/h1-6H,7H2. The number of nitrogens with zero attached hydrogens (tertiary/aromatic N) is 3. The topological polar surface area (TPSA) is 41.6 Å². The second-order valence-electron chi connectivity index (χ2n) is 4.38. The molecule has 0 spiro atoms. The average molecular weight is 337 g/mol. The van der Waals surface area contributed by atoms with Crippen molar-refractivity contribution in [1.29, 1.82) is 5.26 Å². The molecule has 0 aliphatic carbocycles. The summed E-state index contributed by atoms with van der Waals surface area (Å²) >= 11 is 18.6. The number of rotatable bonds is 2. The SMILES string of the molecule is N#Cc1ccc(-n2c(CCl)nc3cccc(Cl)c32)c(Cl)c1. The first kappa shape index (κ1) is 14.2. The molecule has 0 unspecified atom stereocenters. The normalized spacial score (nSPS) is 10.8. The van der Waals surface area contributed by atoms with Gasteiger partial charge in [0.25, 0.3) is 0 Å². The van der Waals surface area contributed by atoms with Gasteiger partial charge in [-0.15, -0.1) is 11.6 Å². The van der Waals surface area contributed by atoms with E-state index in [1.807, 2.05) is 16.7 Å². The summed E-state index contributed by atoms with van der Waals surface area (Å²) in [4.78, 5) is 4.47. The lowest BCUT2D eigenvalue weighted by Crippen LogP contribution is -2.00. The van der Waals surface area contributed by atoms with Crippen LogP contribution in [-0.4, -0.2) is 9.55 Å². The van der Waals surface area contributed by atoms with E-state index in [2.05, 4.69) is 11.1 Å². The van der Waals surface area contributed by atoms with Crippen molar-refractivity contribution in [3.05, 3.63) is 57.8 Å². The van der Waals surface area contributed by atoms with Crippen molar-refractivity contribution in [2.45, 2.75) is 5.88 Å². The summed E-state index contributed by atoms with van der Waals surface area (Å²) in [6.45, 7) is 0. The maximum atomic E-state index is 8.93. The van der Waals surface area contributed by atoms with Gasteiger partial charge in [-0.1, -0.05) is 29.3 Å². The predicted octanol–water partition coefficient (Wildman–Crippen LogP) is 4.94. The van der Waals surface area contributed by atoms with Gasteiger partial charge in [0, 0.05) is 0 Å². The smallest absolute Gasteiger partial charge is 0.129 e. The molecule has 3 aromatic rings. The maximum absolute atomic E-state index is 8.93. The number of halogens is 3. The molecule has 0 saturated carbocycles. The summed E-state index contributed by atoms with van der Waals surface area (Å²) in [5, 5.41) is 9.94. The van der Waals surface area contributed by atoms with Crippen molar-refractivity contribution < 1.29 is 0 Å². The molecule has 0 radical (unpaired) electrons.